The van der Waals surface area contributed by atoms with Crippen LogP contribution in [0.15, 0.2) is 144 Å². The molecule has 9 aromatic rings. The predicted molar refractivity (Wildman–Crippen MR) is 192 cm³/mol. The summed E-state index contributed by atoms with van der Waals surface area (Å²) in [6, 6.07) is 49.3. The minimum Gasteiger partial charge on any atom is -0.436 e. The van der Waals surface area contributed by atoms with Crippen molar-refractivity contribution in [2.45, 2.75) is 19.3 Å². The fourth-order valence-electron chi connectivity index (χ4n) is 7.80. The fourth-order valence-corrected chi connectivity index (χ4v) is 7.80. The zero-order chi connectivity index (χ0) is 31.3. The first kappa shape index (κ1) is 26.2. The third kappa shape index (κ3) is 3.64. The lowest BCUT2D eigenvalue weighted by atomic mass is 9.82. The number of benzene rings is 6. The first-order valence-electron chi connectivity index (χ1n) is 16.1. The third-order valence-electron chi connectivity index (χ3n) is 10.0. The van der Waals surface area contributed by atoms with Crippen LogP contribution in [0.4, 0.5) is 0 Å². The summed E-state index contributed by atoms with van der Waals surface area (Å²) >= 11 is 0. The Balaban J connectivity index is 1.36. The van der Waals surface area contributed by atoms with Gasteiger partial charge in [0.05, 0.1) is 11.0 Å². The van der Waals surface area contributed by atoms with Crippen molar-refractivity contribution < 1.29 is 4.42 Å². The molecule has 0 bridgehead atoms. The van der Waals surface area contributed by atoms with E-state index in [4.69, 9.17) is 14.4 Å². The molecule has 0 fully saturated rings. The quantitative estimate of drug-likeness (QED) is 0.202. The van der Waals surface area contributed by atoms with E-state index in [9.17, 15) is 0 Å². The lowest BCUT2D eigenvalue weighted by Gasteiger charge is -2.21. The van der Waals surface area contributed by atoms with Gasteiger partial charge in [0.2, 0.25) is 5.71 Å². The summed E-state index contributed by atoms with van der Waals surface area (Å²) in [5.74, 6) is 0.747. The van der Waals surface area contributed by atoms with Crippen molar-refractivity contribution >= 4 is 44.0 Å². The molecule has 0 unspecified atom stereocenters. The van der Waals surface area contributed by atoms with E-state index in [1.54, 1.807) is 0 Å². The van der Waals surface area contributed by atoms with Gasteiger partial charge in [-0.2, -0.15) is 4.98 Å². The SMILES string of the molecule is CC1(C)c2ccccc2-c2cc3c(cc21)c1ccccc1n3-c1nc2oc3ccccc3c2nc1-c1ccccc1-c1ccccc1. The molecule has 6 aromatic carbocycles. The van der Waals surface area contributed by atoms with E-state index in [2.05, 4.69) is 140 Å². The summed E-state index contributed by atoms with van der Waals surface area (Å²) in [7, 11) is 0. The standard InChI is InChI=1S/C43H29N3O/c1-43(2)34-21-11-8-17-28(34)32-25-37-33(24-35(32)43)29-18-9-12-22-36(29)46(37)41-39(30-19-7-6-16-27(30)26-14-4-3-5-15-26)44-40-31-20-10-13-23-38(31)47-42(40)45-41/h3-25H,1-2H3. The van der Waals surface area contributed by atoms with Crippen LogP contribution >= 0.6 is 0 Å². The Morgan fingerprint density at radius 2 is 1.21 bits per heavy atom. The smallest absolute Gasteiger partial charge is 0.248 e. The number of nitrogens with zero attached hydrogens (tertiary/aromatic N) is 3. The van der Waals surface area contributed by atoms with Crippen molar-refractivity contribution in [1.82, 2.24) is 14.5 Å². The molecule has 3 aromatic heterocycles. The Bertz CT molecular complexity index is 2710. The van der Waals surface area contributed by atoms with Crippen LogP contribution in [0.25, 0.3) is 83.3 Å². The maximum Gasteiger partial charge on any atom is 0.248 e. The van der Waals surface area contributed by atoms with Gasteiger partial charge in [-0.25, -0.2) is 4.98 Å². The zero-order valence-corrected chi connectivity index (χ0v) is 26.0. The van der Waals surface area contributed by atoms with E-state index in [0.29, 0.717) is 5.71 Å². The summed E-state index contributed by atoms with van der Waals surface area (Å²) < 4.78 is 8.68. The Labute approximate surface area is 271 Å². The van der Waals surface area contributed by atoms with Gasteiger partial charge in [0.25, 0.3) is 0 Å². The van der Waals surface area contributed by atoms with Crippen LogP contribution in [0, 0.1) is 0 Å². The van der Waals surface area contributed by atoms with Crippen LogP contribution in [0.3, 0.4) is 0 Å². The molecule has 0 aliphatic heterocycles. The summed E-state index contributed by atoms with van der Waals surface area (Å²) in [5, 5.41) is 3.35. The minimum atomic E-state index is -0.101. The average molecular weight is 604 g/mol. The Morgan fingerprint density at radius 1 is 0.532 bits per heavy atom. The molecule has 0 amide bonds. The van der Waals surface area contributed by atoms with E-state index in [1.807, 2.05) is 18.2 Å². The Kier molecular flexibility index (Phi) is 5.31. The predicted octanol–water partition coefficient (Wildman–Crippen LogP) is 11.1. The van der Waals surface area contributed by atoms with Crippen LogP contribution in [-0.2, 0) is 5.41 Å². The number of hydrogen-bond acceptors (Lipinski definition) is 3. The van der Waals surface area contributed by atoms with Gasteiger partial charge < -0.3 is 4.42 Å². The Morgan fingerprint density at radius 3 is 2.06 bits per heavy atom. The molecule has 0 N–H and O–H groups in total. The van der Waals surface area contributed by atoms with Gasteiger partial charge in [-0.3, -0.25) is 4.57 Å². The molecule has 47 heavy (non-hydrogen) atoms. The van der Waals surface area contributed by atoms with Crippen molar-refractivity contribution in [2.24, 2.45) is 0 Å². The molecule has 4 heteroatoms. The van der Waals surface area contributed by atoms with Crippen molar-refractivity contribution in [2.75, 3.05) is 0 Å². The second kappa shape index (κ2) is 9.51. The summed E-state index contributed by atoms with van der Waals surface area (Å²) in [5.41, 5.74) is 13.5. The van der Waals surface area contributed by atoms with Crippen molar-refractivity contribution in [3.63, 3.8) is 0 Å². The lowest BCUT2D eigenvalue weighted by molar-refractivity contribution is 0.652. The first-order chi connectivity index (χ1) is 23.1. The number of fused-ring (bicyclic) bond motifs is 9. The largest absolute Gasteiger partial charge is 0.436 e. The van der Waals surface area contributed by atoms with Crippen LogP contribution in [-0.4, -0.2) is 14.5 Å². The Hall–Kier alpha value is -6.00. The zero-order valence-electron chi connectivity index (χ0n) is 26.0. The molecular formula is C43H29N3O. The topological polar surface area (TPSA) is 43.9 Å². The highest BCUT2D eigenvalue weighted by Gasteiger charge is 2.36. The number of para-hydroxylation sites is 2. The molecule has 3 heterocycles. The van der Waals surface area contributed by atoms with Gasteiger partial charge in [0.15, 0.2) is 5.82 Å². The van der Waals surface area contributed by atoms with Gasteiger partial charge in [-0.15, -0.1) is 0 Å². The molecule has 1 aliphatic carbocycles. The number of hydrogen-bond donors (Lipinski definition) is 0. The molecule has 4 nitrogen and oxygen atoms in total. The molecule has 1 aliphatic rings. The summed E-state index contributed by atoms with van der Waals surface area (Å²) in [6.45, 7) is 4.67. The highest BCUT2D eigenvalue weighted by atomic mass is 16.3. The summed E-state index contributed by atoms with van der Waals surface area (Å²) in [6.07, 6.45) is 0. The monoisotopic (exact) mass is 603 g/mol. The van der Waals surface area contributed by atoms with Crippen molar-refractivity contribution in [3.8, 4) is 39.3 Å². The van der Waals surface area contributed by atoms with E-state index < -0.39 is 0 Å². The van der Waals surface area contributed by atoms with Crippen LogP contribution in [0.5, 0.6) is 0 Å². The van der Waals surface area contributed by atoms with E-state index in [1.165, 1.54) is 33.0 Å². The maximum absolute atomic E-state index is 6.38. The highest BCUT2D eigenvalue weighted by Crippen LogP contribution is 2.51. The van der Waals surface area contributed by atoms with Gasteiger partial charge in [0.1, 0.15) is 16.8 Å². The molecule has 10 rings (SSSR count). The molecule has 0 radical (unpaired) electrons. The van der Waals surface area contributed by atoms with E-state index in [0.717, 1.165) is 55.7 Å². The normalized spacial score (nSPS) is 13.5. The van der Waals surface area contributed by atoms with Crippen molar-refractivity contribution in [3.05, 3.63) is 151 Å². The molecule has 0 atom stereocenters. The number of rotatable bonds is 3. The van der Waals surface area contributed by atoms with Gasteiger partial charge in [-0.05, 0) is 63.7 Å². The fraction of sp³-hybridized carbons (Fsp3) is 0.0698. The number of furan rings is 1. The maximum atomic E-state index is 6.38. The average Bonchev–Trinajstić information content (AvgIpc) is 3.72. The van der Waals surface area contributed by atoms with Crippen molar-refractivity contribution in [1.29, 1.82) is 0 Å². The molecular weight excluding hydrogens is 574 g/mol. The number of aromatic nitrogens is 3. The second-order valence-corrected chi connectivity index (χ2v) is 13.0. The second-order valence-electron chi connectivity index (χ2n) is 13.0. The third-order valence-corrected chi connectivity index (χ3v) is 10.0. The molecule has 0 saturated carbocycles. The first-order valence-corrected chi connectivity index (χ1v) is 16.1. The summed E-state index contributed by atoms with van der Waals surface area (Å²) in [4.78, 5) is 10.8. The van der Waals surface area contributed by atoms with Crippen LogP contribution in [0.2, 0.25) is 0 Å². The van der Waals surface area contributed by atoms with E-state index >= 15 is 0 Å². The van der Waals surface area contributed by atoms with Gasteiger partial charge in [-0.1, -0.05) is 123 Å². The minimum absolute atomic E-state index is 0.101. The molecule has 0 saturated heterocycles. The molecule has 0 spiro atoms. The molecule has 222 valence electrons. The van der Waals surface area contributed by atoms with E-state index in [-0.39, 0.29) is 5.41 Å². The van der Waals surface area contributed by atoms with Crippen LogP contribution in [0.1, 0.15) is 25.0 Å². The highest BCUT2D eigenvalue weighted by molar-refractivity contribution is 6.12. The van der Waals surface area contributed by atoms with Crippen LogP contribution < -0.4 is 0 Å². The van der Waals surface area contributed by atoms with Gasteiger partial charge >= 0.3 is 0 Å². The van der Waals surface area contributed by atoms with Gasteiger partial charge in [0, 0.05) is 27.1 Å². The lowest BCUT2D eigenvalue weighted by Crippen LogP contribution is -2.14.